The molecule has 0 radical (unpaired) electrons. The predicted molar refractivity (Wildman–Crippen MR) is 65.6 cm³/mol. The van der Waals surface area contributed by atoms with E-state index in [1.54, 1.807) is 12.1 Å². The van der Waals surface area contributed by atoms with Crippen molar-refractivity contribution in [2.75, 3.05) is 13.2 Å². The highest BCUT2D eigenvalue weighted by Crippen LogP contribution is 2.14. The number of aliphatic hydroxyl groups excluding tert-OH is 1. The number of hydrogen-bond donors (Lipinski definition) is 4. The van der Waals surface area contributed by atoms with Crippen LogP contribution >= 0.6 is 0 Å². The number of primary amides is 1. The summed E-state index contributed by atoms with van der Waals surface area (Å²) in [6, 6.07) is 6.12. The highest BCUT2D eigenvalue weighted by atomic mass is 16.6. The van der Waals surface area contributed by atoms with E-state index in [0.29, 0.717) is 11.3 Å². The lowest BCUT2D eigenvalue weighted by Crippen LogP contribution is -2.28. The molecule has 0 saturated carbocycles. The fraction of sp³-hybridized carbons (Fsp3) is 0.273. The second-order valence-corrected chi connectivity index (χ2v) is 3.53. The molecule has 0 aliphatic rings. The molecule has 0 fully saturated rings. The molecule has 1 rings (SSSR count). The van der Waals surface area contributed by atoms with Crippen LogP contribution in [0.5, 0.6) is 5.75 Å². The molecule has 0 saturated heterocycles. The third-order valence-corrected chi connectivity index (χ3v) is 2.11. The van der Waals surface area contributed by atoms with Gasteiger partial charge in [0.2, 0.25) is 5.90 Å². The average molecular weight is 269 g/mol. The summed E-state index contributed by atoms with van der Waals surface area (Å²) in [5.41, 5.74) is 5.16. The largest absolute Gasteiger partial charge is 0.486 e. The number of aliphatic hydroxyl groups is 1. The number of nitrogens with one attached hydrogen (secondary N) is 1. The highest BCUT2D eigenvalue weighted by Gasteiger charge is 2.10. The topological polar surface area (TPSA) is 141 Å². The van der Waals surface area contributed by atoms with Crippen molar-refractivity contribution in [3.8, 4) is 5.75 Å². The van der Waals surface area contributed by atoms with Crippen LogP contribution in [0.3, 0.4) is 0 Å². The molecular formula is C11H15N3O5. The minimum atomic E-state index is -1.05. The van der Waals surface area contributed by atoms with Gasteiger partial charge in [-0.05, 0) is 24.3 Å². The number of carbonyl (C=O) groups excluding carboxylic acids is 1. The summed E-state index contributed by atoms with van der Waals surface area (Å²) >= 11 is 0. The summed E-state index contributed by atoms with van der Waals surface area (Å²) in [5, 5.41) is 16.4. The molecule has 0 bridgehead atoms. The van der Waals surface area contributed by atoms with Gasteiger partial charge in [-0.3, -0.25) is 5.41 Å². The Hall–Kier alpha value is -2.16. The number of ether oxygens (including phenoxy) is 2. The Kier molecular flexibility index (Phi) is 5.73. The monoisotopic (exact) mass is 269 g/mol. The fourth-order valence-electron chi connectivity index (χ4n) is 1.27. The Bertz CT molecular complexity index is 434. The van der Waals surface area contributed by atoms with Crippen LogP contribution in [-0.2, 0) is 9.57 Å². The summed E-state index contributed by atoms with van der Waals surface area (Å²) in [7, 11) is 0. The van der Waals surface area contributed by atoms with Crippen molar-refractivity contribution in [3.05, 3.63) is 29.8 Å². The SMILES string of the molecule is N=C(OC(N)=O)c1ccc(OC(CO)CON)cc1. The third-order valence-electron chi connectivity index (χ3n) is 2.11. The average Bonchev–Trinajstić information content (AvgIpc) is 2.38. The van der Waals surface area contributed by atoms with E-state index in [2.05, 4.69) is 9.57 Å². The van der Waals surface area contributed by atoms with Gasteiger partial charge in [-0.1, -0.05) is 0 Å². The number of amides is 1. The molecule has 104 valence electrons. The van der Waals surface area contributed by atoms with Gasteiger partial charge >= 0.3 is 6.09 Å². The molecule has 0 spiro atoms. The summed E-state index contributed by atoms with van der Waals surface area (Å²) < 4.78 is 9.78. The van der Waals surface area contributed by atoms with E-state index in [-0.39, 0.29) is 19.1 Å². The zero-order valence-corrected chi connectivity index (χ0v) is 10.0. The van der Waals surface area contributed by atoms with Crippen molar-refractivity contribution in [1.29, 1.82) is 5.41 Å². The van der Waals surface area contributed by atoms with E-state index in [1.165, 1.54) is 12.1 Å². The first-order valence-corrected chi connectivity index (χ1v) is 5.32. The van der Waals surface area contributed by atoms with Gasteiger partial charge in [0, 0.05) is 5.56 Å². The van der Waals surface area contributed by atoms with E-state index in [9.17, 15) is 4.79 Å². The lowest BCUT2D eigenvalue weighted by molar-refractivity contribution is 0.0196. The maximum atomic E-state index is 10.5. The molecule has 1 aromatic rings. The Morgan fingerprint density at radius 3 is 2.47 bits per heavy atom. The molecule has 19 heavy (non-hydrogen) atoms. The standard InChI is InChI=1S/C11H15N3O5/c12-10(19-11(13)16)7-1-3-8(4-2-7)18-9(5-15)6-17-14/h1-4,9,12,15H,5-6,14H2,(H2,13,16). The molecule has 6 N–H and O–H groups in total. The van der Waals surface area contributed by atoms with Crippen molar-refractivity contribution in [1.82, 2.24) is 0 Å². The molecular weight excluding hydrogens is 254 g/mol. The number of rotatable bonds is 6. The van der Waals surface area contributed by atoms with Gasteiger partial charge in [-0.25, -0.2) is 10.7 Å². The van der Waals surface area contributed by atoms with E-state index >= 15 is 0 Å². The number of benzene rings is 1. The first-order chi connectivity index (χ1) is 9.06. The molecule has 0 aliphatic heterocycles. The second kappa shape index (κ2) is 7.31. The maximum Gasteiger partial charge on any atom is 0.411 e. The first kappa shape index (κ1) is 14.9. The Labute approximate surface area is 109 Å². The van der Waals surface area contributed by atoms with Crippen molar-refractivity contribution in [2.24, 2.45) is 11.6 Å². The highest BCUT2D eigenvalue weighted by molar-refractivity contribution is 5.97. The normalized spacial score (nSPS) is 11.7. The smallest absolute Gasteiger partial charge is 0.411 e. The summed E-state index contributed by atoms with van der Waals surface area (Å²) in [4.78, 5) is 14.9. The van der Waals surface area contributed by atoms with Crippen molar-refractivity contribution in [3.63, 3.8) is 0 Å². The minimum absolute atomic E-state index is 0.0405. The first-order valence-electron chi connectivity index (χ1n) is 5.32. The number of carbonyl (C=O) groups is 1. The van der Waals surface area contributed by atoms with Crippen molar-refractivity contribution in [2.45, 2.75) is 6.10 Å². The van der Waals surface area contributed by atoms with Gasteiger partial charge in [0.15, 0.2) is 0 Å². The summed E-state index contributed by atoms with van der Waals surface area (Å²) in [6.07, 6.45) is -1.64. The van der Waals surface area contributed by atoms with Crippen molar-refractivity contribution >= 4 is 12.0 Å². The van der Waals surface area contributed by atoms with Crippen LogP contribution in [0.25, 0.3) is 0 Å². The lowest BCUT2D eigenvalue weighted by Gasteiger charge is -2.15. The van der Waals surface area contributed by atoms with Crippen LogP contribution in [-0.4, -0.2) is 36.4 Å². The van der Waals surface area contributed by atoms with E-state index < -0.39 is 12.2 Å². The molecule has 0 heterocycles. The van der Waals surface area contributed by atoms with Gasteiger partial charge in [0.1, 0.15) is 18.5 Å². The summed E-state index contributed by atoms with van der Waals surface area (Å²) in [5.74, 6) is 4.98. The number of nitrogens with two attached hydrogens (primary N) is 2. The van der Waals surface area contributed by atoms with Crippen LogP contribution in [0.2, 0.25) is 0 Å². The zero-order valence-electron chi connectivity index (χ0n) is 10.0. The molecule has 8 nitrogen and oxygen atoms in total. The molecule has 0 aliphatic carbocycles. The molecule has 1 unspecified atom stereocenters. The van der Waals surface area contributed by atoms with Gasteiger partial charge < -0.3 is 25.2 Å². The van der Waals surface area contributed by atoms with Gasteiger partial charge in [0.05, 0.1) is 6.61 Å². The van der Waals surface area contributed by atoms with Crippen LogP contribution in [0, 0.1) is 5.41 Å². The van der Waals surface area contributed by atoms with E-state index in [1.807, 2.05) is 0 Å². The van der Waals surface area contributed by atoms with Crippen LogP contribution in [0.1, 0.15) is 5.56 Å². The van der Waals surface area contributed by atoms with E-state index in [4.69, 9.17) is 26.9 Å². The van der Waals surface area contributed by atoms with Gasteiger partial charge in [-0.15, -0.1) is 0 Å². The molecule has 8 heteroatoms. The molecule has 1 aromatic carbocycles. The van der Waals surface area contributed by atoms with Gasteiger partial charge in [0.25, 0.3) is 0 Å². The quantitative estimate of drug-likeness (QED) is 0.318. The Morgan fingerprint density at radius 1 is 1.37 bits per heavy atom. The maximum absolute atomic E-state index is 10.5. The fourth-order valence-corrected chi connectivity index (χ4v) is 1.27. The molecule has 1 atom stereocenters. The van der Waals surface area contributed by atoms with Crippen LogP contribution in [0.15, 0.2) is 24.3 Å². The van der Waals surface area contributed by atoms with E-state index in [0.717, 1.165) is 0 Å². The third kappa shape index (κ3) is 4.92. The summed E-state index contributed by atoms with van der Waals surface area (Å²) in [6.45, 7) is -0.210. The minimum Gasteiger partial charge on any atom is -0.486 e. The zero-order chi connectivity index (χ0) is 14.3. The Balaban J connectivity index is 2.65. The molecule has 0 aromatic heterocycles. The second-order valence-electron chi connectivity index (χ2n) is 3.53. The number of hydrogen-bond acceptors (Lipinski definition) is 7. The van der Waals surface area contributed by atoms with Crippen LogP contribution < -0.4 is 16.4 Å². The Morgan fingerprint density at radius 2 is 2.00 bits per heavy atom. The molecule has 1 amide bonds. The predicted octanol–water partition coefficient (Wildman–Crippen LogP) is -0.263. The lowest BCUT2D eigenvalue weighted by atomic mass is 10.2. The van der Waals surface area contributed by atoms with Crippen LogP contribution in [0.4, 0.5) is 4.79 Å². The van der Waals surface area contributed by atoms with Gasteiger partial charge in [-0.2, -0.15) is 0 Å². The van der Waals surface area contributed by atoms with Crippen molar-refractivity contribution < 1.29 is 24.2 Å².